The van der Waals surface area contributed by atoms with Crippen molar-refractivity contribution in [1.29, 1.82) is 0 Å². The molecule has 1 heterocycles. The van der Waals surface area contributed by atoms with Gasteiger partial charge in [0.15, 0.2) is 0 Å². The molecule has 1 aromatic heterocycles. The Hall–Kier alpha value is -3.08. The number of benzene rings is 2. The van der Waals surface area contributed by atoms with Crippen molar-refractivity contribution in [3.8, 4) is 0 Å². The van der Waals surface area contributed by atoms with Gasteiger partial charge in [0.05, 0.1) is 17.1 Å². The number of carbonyl (C=O) groups excluding carboxylic acids is 2. The fourth-order valence-corrected chi connectivity index (χ4v) is 4.51. The molecule has 8 nitrogen and oxygen atoms in total. The zero-order valence-corrected chi connectivity index (χ0v) is 17.9. The van der Waals surface area contributed by atoms with Crippen molar-refractivity contribution in [3.05, 3.63) is 81.3 Å². The van der Waals surface area contributed by atoms with Crippen molar-refractivity contribution >= 4 is 33.2 Å². The molecule has 0 atom stereocenters. The van der Waals surface area contributed by atoms with Gasteiger partial charge < -0.3 is 0 Å². The van der Waals surface area contributed by atoms with Gasteiger partial charge in [-0.2, -0.15) is 0 Å². The van der Waals surface area contributed by atoms with Crippen molar-refractivity contribution in [3.63, 3.8) is 0 Å². The summed E-state index contributed by atoms with van der Waals surface area (Å²) < 4.78 is 27.3. The van der Waals surface area contributed by atoms with E-state index < -0.39 is 21.8 Å². The Bertz CT molecular complexity index is 1160. The molecule has 0 aliphatic heterocycles. The van der Waals surface area contributed by atoms with Gasteiger partial charge in [-0.1, -0.05) is 35.9 Å². The molecule has 30 heavy (non-hydrogen) atoms. The molecule has 0 fully saturated rings. The van der Waals surface area contributed by atoms with Gasteiger partial charge in [-0.3, -0.25) is 20.4 Å². The lowest BCUT2D eigenvalue weighted by molar-refractivity contribution is 0.0848. The monoisotopic (exact) mass is 444 g/mol. The predicted molar refractivity (Wildman–Crippen MR) is 113 cm³/mol. The van der Waals surface area contributed by atoms with E-state index in [0.29, 0.717) is 16.3 Å². The van der Waals surface area contributed by atoms with E-state index in [4.69, 9.17) is 0 Å². The van der Waals surface area contributed by atoms with Gasteiger partial charge in [0.25, 0.3) is 11.8 Å². The number of thiazole rings is 1. The molecule has 0 spiro atoms. The number of carbonyl (C=O) groups is 2. The van der Waals surface area contributed by atoms with Gasteiger partial charge in [-0.05, 0) is 38.1 Å². The first-order chi connectivity index (χ1) is 14.3. The Kier molecular flexibility index (Phi) is 6.60. The maximum atomic E-state index is 12.4. The zero-order chi connectivity index (χ0) is 21.7. The first kappa shape index (κ1) is 21.6. The Labute approximate surface area is 178 Å². The minimum Gasteiger partial charge on any atom is -0.267 e. The lowest BCUT2D eigenvalue weighted by Gasteiger charge is -2.06. The fraction of sp³-hybridized carbons (Fsp3) is 0.150. The summed E-state index contributed by atoms with van der Waals surface area (Å²) in [5, 5.41) is 0.433. The molecule has 2 amide bonds. The summed E-state index contributed by atoms with van der Waals surface area (Å²) in [6.07, 6.45) is 0. The molecule has 0 saturated heterocycles. The Balaban J connectivity index is 1.61. The minimum atomic E-state index is -3.69. The van der Waals surface area contributed by atoms with E-state index in [1.165, 1.54) is 12.1 Å². The van der Waals surface area contributed by atoms with E-state index in [0.717, 1.165) is 16.9 Å². The van der Waals surface area contributed by atoms with Crippen molar-refractivity contribution in [2.75, 3.05) is 0 Å². The third kappa shape index (κ3) is 5.29. The third-order valence-electron chi connectivity index (χ3n) is 4.12. The van der Waals surface area contributed by atoms with Gasteiger partial charge in [0, 0.05) is 5.56 Å². The molecule has 3 aromatic rings. The topological polar surface area (TPSA) is 117 Å². The average molecular weight is 445 g/mol. The fourth-order valence-electron chi connectivity index (χ4n) is 2.53. The molecule has 0 radical (unpaired) electrons. The second-order valence-corrected chi connectivity index (χ2v) is 9.28. The molecule has 0 aliphatic rings. The summed E-state index contributed by atoms with van der Waals surface area (Å²) in [6.45, 7) is 3.46. The maximum absolute atomic E-state index is 12.4. The van der Waals surface area contributed by atoms with E-state index in [9.17, 15) is 18.0 Å². The van der Waals surface area contributed by atoms with E-state index in [1.54, 1.807) is 49.4 Å². The molecular formula is C20H20N4O4S2. The predicted octanol–water partition coefficient (Wildman–Crippen LogP) is 2.31. The quantitative estimate of drug-likeness (QED) is 0.505. The smallest absolute Gasteiger partial charge is 0.267 e. The highest BCUT2D eigenvalue weighted by molar-refractivity contribution is 7.89. The number of aromatic nitrogens is 1. The standard InChI is InChI=1S/C20H20N4O4S2/c1-13-8-10-16(11-9-13)30(27,28)21-12-17-22-14(2)18(29-17)20(26)24-23-19(25)15-6-4-3-5-7-15/h3-11,21H,12H2,1-2H3,(H,23,25)(H,24,26). The molecule has 0 unspecified atom stereocenters. The highest BCUT2D eigenvalue weighted by Crippen LogP contribution is 2.19. The number of hydrazine groups is 1. The van der Waals surface area contributed by atoms with Crippen LogP contribution in [0, 0.1) is 13.8 Å². The van der Waals surface area contributed by atoms with Gasteiger partial charge in [0.1, 0.15) is 9.88 Å². The van der Waals surface area contributed by atoms with Crippen LogP contribution in [0.5, 0.6) is 0 Å². The van der Waals surface area contributed by atoms with Crippen LogP contribution in [0.25, 0.3) is 0 Å². The number of amides is 2. The number of nitrogens with one attached hydrogen (secondary N) is 3. The molecular weight excluding hydrogens is 424 g/mol. The van der Waals surface area contributed by atoms with Crippen LogP contribution < -0.4 is 15.6 Å². The minimum absolute atomic E-state index is 0.0502. The number of rotatable bonds is 6. The van der Waals surface area contributed by atoms with E-state index in [2.05, 4.69) is 20.6 Å². The number of sulfonamides is 1. The first-order valence-corrected chi connectivity index (χ1v) is 11.2. The zero-order valence-electron chi connectivity index (χ0n) is 16.3. The largest absolute Gasteiger partial charge is 0.281 e. The van der Waals surface area contributed by atoms with E-state index in [-0.39, 0.29) is 16.3 Å². The third-order valence-corrected chi connectivity index (χ3v) is 6.69. The van der Waals surface area contributed by atoms with Crippen LogP contribution in [0.4, 0.5) is 0 Å². The number of hydrogen-bond donors (Lipinski definition) is 3. The molecule has 10 heteroatoms. The SMILES string of the molecule is Cc1ccc(S(=O)(=O)NCc2nc(C)c(C(=O)NNC(=O)c3ccccc3)s2)cc1. The molecule has 3 N–H and O–H groups in total. The Morgan fingerprint density at radius 3 is 2.23 bits per heavy atom. The number of nitrogens with zero attached hydrogens (tertiary/aromatic N) is 1. The summed E-state index contributed by atoms with van der Waals surface area (Å²) in [5.41, 5.74) is 6.50. The van der Waals surface area contributed by atoms with Crippen molar-refractivity contribution in [2.45, 2.75) is 25.3 Å². The lowest BCUT2D eigenvalue weighted by atomic mass is 10.2. The molecule has 0 aliphatic carbocycles. The van der Waals surface area contributed by atoms with Crippen LogP contribution in [0.3, 0.4) is 0 Å². The summed E-state index contributed by atoms with van der Waals surface area (Å²) in [4.78, 5) is 29.1. The number of hydrogen-bond acceptors (Lipinski definition) is 6. The van der Waals surface area contributed by atoms with Gasteiger partial charge in [-0.25, -0.2) is 18.1 Å². The molecule has 156 valence electrons. The van der Waals surface area contributed by atoms with Crippen molar-refractivity contribution in [1.82, 2.24) is 20.6 Å². The second-order valence-electron chi connectivity index (χ2n) is 6.43. The molecule has 0 saturated carbocycles. The highest BCUT2D eigenvalue weighted by Gasteiger charge is 2.19. The second kappa shape index (κ2) is 9.16. The summed E-state index contributed by atoms with van der Waals surface area (Å²) in [5.74, 6) is -0.973. The van der Waals surface area contributed by atoms with Crippen molar-refractivity contribution < 1.29 is 18.0 Å². The van der Waals surface area contributed by atoms with Crippen LogP contribution >= 0.6 is 11.3 Å². The summed E-state index contributed by atoms with van der Waals surface area (Å²) in [6, 6.07) is 14.9. The van der Waals surface area contributed by atoms with Crippen LogP contribution in [-0.4, -0.2) is 25.2 Å². The Morgan fingerprint density at radius 1 is 0.933 bits per heavy atom. The molecule has 3 rings (SSSR count). The summed E-state index contributed by atoms with van der Waals surface area (Å²) in [7, 11) is -3.69. The number of aryl methyl sites for hydroxylation is 2. The van der Waals surface area contributed by atoms with E-state index >= 15 is 0 Å². The van der Waals surface area contributed by atoms with E-state index in [1.807, 2.05) is 6.92 Å². The summed E-state index contributed by atoms with van der Waals surface area (Å²) >= 11 is 1.05. The van der Waals surface area contributed by atoms with Crippen molar-refractivity contribution in [2.24, 2.45) is 0 Å². The highest BCUT2D eigenvalue weighted by atomic mass is 32.2. The van der Waals surface area contributed by atoms with Gasteiger partial charge in [0.2, 0.25) is 10.0 Å². The van der Waals surface area contributed by atoms with Crippen LogP contribution in [0.1, 0.15) is 36.3 Å². The molecule has 0 bridgehead atoms. The van der Waals surface area contributed by atoms with Gasteiger partial charge >= 0.3 is 0 Å². The molecule has 2 aromatic carbocycles. The van der Waals surface area contributed by atoms with Crippen LogP contribution in [0.15, 0.2) is 59.5 Å². The van der Waals surface area contributed by atoms with Gasteiger partial charge in [-0.15, -0.1) is 11.3 Å². The first-order valence-electron chi connectivity index (χ1n) is 8.94. The van der Waals surface area contributed by atoms with Crippen LogP contribution in [0.2, 0.25) is 0 Å². The Morgan fingerprint density at radius 2 is 1.57 bits per heavy atom. The normalized spacial score (nSPS) is 11.1. The lowest BCUT2D eigenvalue weighted by Crippen LogP contribution is -2.41. The van der Waals surface area contributed by atoms with Crippen LogP contribution in [-0.2, 0) is 16.6 Å². The maximum Gasteiger partial charge on any atom is 0.281 e. The average Bonchev–Trinajstić information content (AvgIpc) is 3.12.